The lowest BCUT2D eigenvalue weighted by Crippen LogP contribution is -2.36. The second kappa shape index (κ2) is 12.4. The van der Waals surface area contributed by atoms with E-state index in [1.807, 2.05) is 50.2 Å². The van der Waals surface area contributed by atoms with Crippen LogP contribution in [0.25, 0.3) is 0 Å². The fraction of sp³-hybridized carbons (Fsp3) is 0.357. The number of rotatable bonds is 9. The van der Waals surface area contributed by atoms with Gasteiger partial charge in [-0.2, -0.15) is 5.26 Å². The number of carbonyl (C=O) groups excluding carboxylic acids is 2. The van der Waals surface area contributed by atoms with Crippen molar-refractivity contribution in [2.24, 2.45) is 0 Å². The molecule has 3 heterocycles. The fourth-order valence-electron chi connectivity index (χ4n) is 4.31. The molecule has 1 aliphatic heterocycles. The summed E-state index contributed by atoms with van der Waals surface area (Å²) in [4.78, 5) is 32.1. The number of benzene rings is 1. The van der Waals surface area contributed by atoms with Gasteiger partial charge in [0.15, 0.2) is 0 Å². The van der Waals surface area contributed by atoms with E-state index in [0.717, 1.165) is 27.3 Å². The van der Waals surface area contributed by atoms with Crippen LogP contribution in [0, 0.1) is 11.3 Å². The molecule has 1 aromatic carbocycles. The zero-order valence-electron chi connectivity index (χ0n) is 21.0. The Kier molecular flexibility index (Phi) is 8.75. The summed E-state index contributed by atoms with van der Waals surface area (Å²) >= 11 is 1.36. The van der Waals surface area contributed by atoms with Crippen LogP contribution in [0.1, 0.15) is 53.3 Å². The molecule has 3 aromatic rings. The molecule has 1 aliphatic rings. The third kappa shape index (κ3) is 6.66. The molecule has 4 rings (SSSR count). The molecular weight excluding hydrogens is 488 g/mol. The molecule has 8 nitrogen and oxygen atoms in total. The molecule has 192 valence electrons. The zero-order chi connectivity index (χ0) is 26.2. The summed E-state index contributed by atoms with van der Waals surface area (Å²) < 4.78 is 11.0. The van der Waals surface area contributed by atoms with E-state index < -0.39 is 0 Å². The number of carbonyl (C=O) groups is 2. The van der Waals surface area contributed by atoms with Crippen molar-refractivity contribution in [1.82, 2.24) is 9.88 Å². The van der Waals surface area contributed by atoms with Crippen LogP contribution in [0.3, 0.4) is 0 Å². The first-order chi connectivity index (χ1) is 18.0. The Morgan fingerprint density at radius 3 is 2.92 bits per heavy atom. The van der Waals surface area contributed by atoms with Gasteiger partial charge in [0.2, 0.25) is 5.91 Å². The van der Waals surface area contributed by atoms with Gasteiger partial charge in [-0.1, -0.05) is 25.1 Å². The number of thiophene rings is 1. The Hall–Kier alpha value is -3.90. The van der Waals surface area contributed by atoms with Crippen molar-refractivity contribution >= 4 is 28.3 Å². The second-order valence-corrected chi connectivity index (χ2v) is 9.98. The van der Waals surface area contributed by atoms with E-state index in [-0.39, 0.29) is 30.9 Å². The van der Waals surface area contributed by atoms with Gasteiger partial charge >= 0.3 is 6.09 Å². The normalized spacial score (nSPS) is 13.3. The summed E-state index contributed by atoms with van der Waals surface area (Å²) in [7, 11) is 0. The van der Waals surface area contributed by atoms with Gasteiger partial charge in [-0.3, -0.25) is 9.78 Å². The minimum atomic E-state index is -0.379. The standard InChI is InChI=1S/C28H30N4O4S/c1-3-35-22-8-4-7-21(15-22)19(2)14-26(33)31-27-24(16-29)23-9-12-32(18-25(23)37-27)28(34)36-13-10-20-6-5-11-30-17-20/h4-8,11,15,17,19H,3,9-10,12-14,18H2,1-2H3,(H,31,33)/t19-/m0/s1. The minimum Gasteiger partial charge on any atom is -0.494 e. The predicted molar refractivity (Wildman–Crippen MR) is 142 cm³/mol. The summed E-state index contributed by atoms with van der Waals surface area (Å²) in [5.41, 5.74) is 3.42. The van der Waals surface area contributed by atoms with Crippen molar-refractivity contribution in [3.63, 3.8) is 0 Å². The molecule has 0 radical (unpaired) electrons. The summed E-state index contributed by atoms with van der Waals surface area (Å²) in [5.74, 6) is 0.610. The quantitative estimate of drug-likeness (QED) is 0.413. The first kappa shape index (κ1) is 26.2. The highest BCUT2D eigenvalue weighted by molar-refractivity contribution is 7.16. The Bertz CT molecular complexity index is 1290. The third-order valence-corrected chi connectivity index (χ3v) is 7.38. The molecular formula is C28H30N4O4S. The van der Waals surface area contributed by atoms with E-state index in [2.05, 4.69) is 16.4 Å². The first-order valence-electron chi connectivity index (χ1n) is 12.4. The maximum Gasteiger partial charge on any atom is 0.410 e. The number of pyridine rings is 1. The van der Waals surface area contributed by atoms with Crippen molar-refractivity contribution in [3.05, 3.63) is 75.9 Å². The van der Waals surface area contributed by atoms with Gasteiger partial charge in [-0.05, 0) is 54.2 Å². The van der Waals surface area contributed by atoms with Gasteiger partial charge in [0.25, 0.3) is 0 Å². The lowest BCUT2D eigenvalue weighted by atomic mass is 9.97. The number of aromatic nitrogens is 1. The Morgan fingerprint density at radius 2 is 2.16 bits per heavy atom. The van der Waals surface area contributed by atoms with Crippen molar-refractivity contribution in [1.29, 1.82) is 5.26 Å². The van der Waals surface area contributed by atoms with Crippen LogP contribution in [-0.4, -0.2) is 41.6 Å². The van der Waals surface area contributed by atoms with Crippen LogP contribution in [0.2, 0.25) is 0 Å². The average Bonchev–Trinajstić information content (AvgIpc) is 3.25. The van der Waals surface area contributed by atoms with Crippen LogP contribution in [0.15, 0.2) is 48.8 Å². The van der Waals surface area contributed by atoms with E-state index in [0.29, 0.717) is 43.1 Å². The van der Waals surface area contributed by atoms with Crippen molar-refractivity contribution in [3.8, 4) is 11.8 Å². The van der Waals surface area contributed by atoms with Crippen LogP contribution in [0.5, 0.6) is 5.75 Å². The van der Waals surface area contributed by atoms with Crippen molar-refractivity contribution in [2.75, 3.05) is 25.1 Å². The Morgan fingerprint density at radius 1 is 1.30 bits per heavy atom. The molecule has 0 saturated carbocycles. The first-order valence-corrected chi connectivity index (χ1v) is 13.2. The predicted octanol–water partition coefficient (Wildman–Crippen LogP) is 5.28. The van der Waals surface area contributed by atoms with E-state index in [9.17, 15) is 14.9 Å². The smallest absolute Gasteiger partial charge is 0.410 e. The molecule has 0 spiro atoms. The molecule has 1 N–H and O–H groups in total. The molecule has 2 aromatic heterocycles. The number of hydrogen-bond acceptors (Lipinski definition) is 7. The largest absolute Gasteiger partial charge is 0.494 e. The summed E-state index contributed by atoms with van der Waals surface area (Å²) in [6.45, 7) is 5.60. The van der Waals surface area contributed by atoms with Crippen LogP contribution >= 0.6 is 11.3 Å². The minimum absolute atomic E-state index is 0.0162. The van der Waals surface area contributed by atoms with Gasteiger partial charge in [0, 0.05) is 36.7 Å². The molecule has 0 unspecified atom stereocenters. The fourth-order valence-corrected chi connectivity index (χ4v) is 5.54. The molecule has 9 heteroatoms. The number of ether oxygens (including phenoxy) is 2. The molecule has 0 fully saturated rings. The number of nitriles is 1. The summed E-state index contributed by atoms with van der Waals surface area (Å²) in [6.07, 6.45) is 4.50. The molecule has 37 heavy (non-hydrogen) atoms. The van der Waals surface area contributed by atoms with Gasteiger partial charge in [0.05, 0.1) is 25.3 Å². The van der Waals surface area contributed by atoms with Crippen molar-refractivity contribution in [2.45, 2.75) is 45.6 Å². The Balaban J connectivity index is 1.35. The lowest BCUT2D eigenvalue weighted by Gasteiger charge is -2.26. The number of anilines is 1. The van der Waals surface area contributed by atoms with E-state index in [1.54, 1.807) is 17.3 Å². The highest BCUT2D eigenvalue weighted by atomic mass is 32.1. The molecule has 2 amide bonds. The second-order valence-electron chi connectivity index (χ2n) is 8.88. The number of amides is 2. The summed E-state index contributed by atoms with van der Waals surface area (Å²) in [6, 6.07) is 13.8. The van der Waals surface area contributed by atoms with E-state index in [1.165, 1.54) is 11.3 Å². The number of hydrogen-bond donors (Lipinski definition) is 1. The topological polar surface area (TPSA) is 105 Å². The van der Waals surface area contributed by atoms with E-state index >= 15 is 0 Å². The monoisotopic (exact) mass is 518 g/mol. The van der Waals surface area contributed by atoms with Gasteiger partial charge in [-0.25, -0.2) is 4.79 Å². The number of fused-ring (bicyclic) bond motifs is 1. The maximum atomic E-state index is 12.9. The van der Waals surface area contributed by atoms with E-state index in [4.69, 9.17) is 9.47 Å². The molecule has 0 aliphatic carbocycles. The Labute approximate surface area is 220 Å². The summed E-state index contributed by atoms with van der Waals surface area (Å²) in [5, 5.41) is 13.3. The van der Waals surface area contributed by atoms with Gasteiger partial charge < -0.3 is 19.7 Å². The zero-order valence-corrected chi connectivity index (χ0v) is 21.8. The highest BCUT2D eigenvalue weighted by Gasteiger charge is 2.28. The van der Waals surface area contributed by atoms with Gasteiger partial charge in [-0.15, -0.1) is 11.3 Å². The molecule has 0 saturated heterocycles. The number of nitrogens with one attached hydrogen (secondary N) is 1. The van der Waals surface area contributed by atoms with Crippen LogP contribution in [-0.2, 0) is 28.9 Å². The van der Waals surface area contributed by atoms with Crippen LogP contribution in [0.4, 0.5) is 9.80 Å². The SMILES string of the molecule is CCOc1cccc([C@@H](C)CC(=O)Nc2sc3c(c2C#N)CCN(C(=O)OCCc2cccnc2)C3)c1. The van der Waals surface area contributed by atoms with Crippen LogP contribution < -0.4 is 10.1 Å². The van der Waals surface area contributed by atoms with Gasteiger partial charge in [0.1, 0.15) is 16.8 Å². The highest BCUT2D eigenvalue weighted by Crippen LogP contribution is 2.37. The van der Waals surface area contributed by atoms with Crippen molar-refractivity contribution < 1.29 is 19.1 Å². The molecule has 0 bridgehead atoms. The lowest BCUT2D eigenvalue weighted by molar-refractivity contribution is -0.116. The maximum absolute atomic E-state index is 12.9. The average molecular weight is 519 g/mol. The number of nitrogens with zero attached hydrogens (tertiary/aromatic N) is 3. The third-order valence-electron chi connectivity index (χ3n) is 6.25. The molecule has 1 atom stereocenters.